The lowest BCUT2D eigenvalue weighted by molar-refractivity contribution is -0.137. The Hall–Kier alpha value is -2.65. The maximum Gasteiger partial charge on any atom is 0.303 e. The highest BCUT2D eigenvalue weighted by Crippen LogP contribution is 2.30. The fourth-order valence-electron chi connectivity index (χ4n) is 2.44. The third kappa shape index (κ3) is 3.94. The van der Waals surface area contributed by atoms with E-state index in [1.54, 1.807) is 24.4 Å². The Balaban J connectivity index is 1.86. The van der Waals surface area contributed by atoms with E-state index in [0.717, 1.165) is 0 Å². The van der Waals surface area contributed by atoms with Gasteiger partial charge >= 0.3 is 5.97 Å². The number of rotatable bonds is 6. The molecule has 0 bridgehead atoms. The molecule has 0 atom stereocenters. The minimum absolute atomic E-state index is 0.00150. The molecule has 0 saturated carbocycles. The molecule has 0 aliphatic carbocycles. The zero-order valence-corrected chi connectivity index (χ0v) is 15.1. The lowest BCUT2D eigenvalue weighted by atomic mass is 10.0. The zero-order valence-electron chi connectivity index (χ0n) is 13.4. The Morgan fingerprint density at radius 1 is 1.35 bits per heavy atom. The van der Waals surface area contributed by atoms with Crippen LogP contribution in [0.5, 0.6) is 5.88 Å². The fraction of sp³-hybridized carbons (Fsp3) is 0.176. The molecule has 0 amide bonds. The standard InChI is InChI=1S/C17H14FN3O3S2/c18-12-5-3-10(4-6-12)15-11(9-19-20-15)8-13-16(24)21(17(25)26-13)7-1-2-14(22)23/h3-6,8-9,24H,1-2,7H2,(H,22,23). The van der Waals surface area contributed by atoms with Gasteiger partial charge in [-0.25, -0.2) is 4.39 Å². The van der Waals surface area contributed by atoms with Crippen molar-refractivity contribution in [2.45, 2.75) is 19.4 Å². The van der Waals surface area contributed by atoms with Crippen LogP contribution >= 0.6 is 23.6 Å². The van der Waals surface area contributed by atoms with Gasteiger partial charge in [-0.3, -0.25) is 9.36 Å². The summed E-state index contributed by atoms with van der Waals surface area (Å²) in [5.74, 6) is -1.25. The molecule has 3 rings (SSSR count). The van der Waals surface area contributed by atoms with Gasteiger partial charge in [0.25, 0.3) is 0 Å². The number of nitrogens with zero attached hydrogens (tertiary/aromatic N) is 3. The van der Waals surface area contributed by atoms with Crippen molar-refractivity contribution in [2.75, 3.05) is 0 Å². The van der Waals surface area contributed by atoms with Crippen LogP contribution in [0.4, 0.5) is 4.39 Å². The number of thiazole rings is 1. The molecule has 0 radical (unpaired) electrons. The maximum atomic E-state index is 13.1. The van der Waals surface area contributed by atoms with E-state index >= 15 is 0 Å². The first-order valence-electron chi connectivity index (χ1n) is 7.69. The first-order valence-corrected chi connectivity index (χ1v) is 8.91. The average molecular weight is 391 g/mol. The van der Waals surface area contributed by atoms with Crippen LogP contribution in [-0.4, -0.2) is 32.7 Å². The third-order valence-electron chi connectivity index (χ3n) is 3.70. The number of carboxylic acid groups (broad SMARTS) is 1. The average Bonchev–Trinajstić information content (AvgIpc) is 3.15. The second-order valence-electron chi connectivity index (χ2n) is 5.50. The molecule has 9 heteroatoms. The SMILES string of the molecule is O=C(O)CCCn1c(O)c(C=C2C=NN=C2c2ccc(F)cc2)sc1=S. The third-order valence-corrected chi connectivity index (χ3v) is 5.08. The summed E-state index contributed by atoms with van der Waals surface area (Å²) in [6.07, 6.45) is 3.63. The van der Waals surface area contributed by atoms with Gasteiger partial charge in [0.1, 0.15) is 11.5 Å². The van der Waals surface area contributed by atoms with Crippen molar-refractivity contribution in [1.29, 1.82) is 0 Å². The summed E-state index contributed by atoms with van der Waals surface area (Å²) in [6.45, 7) is 0.323. The number of benzene rings is 1. The van der Waals surface area contributed by atoms with E-state index in [1.807, 2.05) is 0 Å². The molecule has 2 N–H and O–H groups in total. The molecule has 2 heterocycles. The van der Waals surface area contributed by atoms with E-state index in [-0.39, 0.29) is 18.1 Å². The summed E-state index contributed by atoms with van der Waals surface area (Å²) in [5, 5.41) is 27.1. The van der Waals surface area contributed by atoms with Gasteiger partial charge < -0.3 is 10.2 Å². The summed E-state index contributed by atoms with van der Waals surface area (Å²) in [5.41, 5.74) is 1.95. The number of aromatic hydroxyl groups is 1. The van der Waals surface area contributed by atoms with Crippen molar-refractivity contribution in [3.63, 3.8) is 0 Å². The minimum atomic E-state index is -0.893. The van der Waals surface area contributed by atoms with Gasteiger partial charge in [-0.1, -0.05) is 0 Å². The Kier molecular flexibility index (Phi) is 5.38. The summed E-state index contributed by atoms with van der Waals surface area (Å²) < 4.78 is 15.1. The van der Waals surface area contributed by atoms with E-state index in [4.69, 9.17) is 17.3 Å². The molecule has 134 valence electrons. The molecule has 1 aromatic heterocycles. The molecule has 6 nitrogen and oxygen atoms in total. The highest BCUT2D eigenvalue weighted by atomic mass is 32.1. The predicted octanol–water partition coefficient (Wildman–Crippen LogP) is 3.86. The van der Waals surface area contributed by atoms with Gasteiger partial charge in [0.15, 0.2) is 3.95 Å². The highest BCUT2D eigenvalue weighted by molar-refractivity contribution is 7.73. The van der Waals surface area contributed by atoms with Crippen LogP contribution in [0.2, 0.25) is 0 Å². The largest absolute Gasteiger partial charge is 0.493 e. The fourth-order valence-corrected chi connectivity index (χ4v) is 3.75. The molecule has 1 aliphatic heterocycles. The highest BCUT2D eigenvalue weighted by Gasteiger charge is 2.17. The lowest BCUT2D eigenvalue weighted by Crippen LogP contribution is -2.03. The first kappa shape index (κ1) is 18.2. The van der Waals surface area contributed by atoms with Gasteiger partial charge in [-0.15, -0.1) is 16.4 Å². The van der Waals surface area contributed by atoms with Crippen molar-refractivity contribution in [1.82, 2.24) is 4.57 Å². The summed E-state index contributed by atoms with van der Waals surface area (Å²) in [4.78, 5) is 11.2. The quantitative estimate of drug-likeness (QED) is 0.732. The normalized spacial score (nSPS) is 14.8. The van der Waals surface area contributed by atoms with Crippen molar-refractivity contribution in [2.24, 2.45) is 10.2 Å². The van der Waals surface area contributed by atoms with Crippen molar-refractivity contribution in [3.05, 3.63) is 50.1 Å². The summed E-state index contributed by atoms with van der Waals surface area (Å²) >= 11 is 6.47. The van der Waals surface area contributed by atoms with Crippen molar-refractivity contribution >= 4 is 47.5 Å². The molecule has 26 heavy (non-hydrogen) atoms. The number of halogens is 1. The van der Waals surface area contributed by atoms with Crippen LogP contribution in [-0.2, 0) is 11.3 Å². The van der Waals surface area contributed by atoms with Crippen LogP contribution < -0.4 is 0 Å². The lowest BCUT2D eigenvalue weighted by Gasteiger charge is -2.04. The Labute approximate surface area is 157 Å². The van der Waals surface area contributed by atoms with Crippen LogP contribution in [0, 0.1) is 9.77 Å². The number of aliphatic carboxylic acids is 1. The van der Waals surface area contributed by atoms with Crippen LogP contribution in [0.25, 0.3) is 6.08 Å². The Morgan fingerprint density at radius 3 is 2.77 bits per heavy atom. The second kappa shape index (κ2) is 7.71. The van der Waals surface area contributed by atoms with Gasteiger partial charge in [0.2, 0.25) is 5.88 Å². The van der Waals surface area contributed by atoms with Crippen LogP contribution in [0.1, 0.15) is 23.3 Å². The van der Waals surface area contributed by atoms with Crippen LogP contribution in [0.15, 0.2) is 40.0 Å². The van der Waals surface area contributed by atoms with Crippen molar-refractivity contribution in [3.8, 4) is 5.88 Å². The number of carbonyl (C=O) groups is 1. The Morgan fingerprint density at radius 2 is 2.08 bits per heavy atom. The molecular formula is C17H14FN3O3S2. The maximum absolute atomic E-state index is 13.1. The van der Waals surface area contributed by atoms with E-state index in [9.17, 15) is 14.3 Å². The van der Waals surface area contributed by atoms with Gasteiger partial charge in [-0.05, 0) is 49.0 Å². The van der Waals surface area contributed by atoms with Gasteiger partial charge in [-0.2, -0.15) is 5.10 Å². The number of aromatic nitrogens is 1. The number of hydrogen-bond donors (Lipinski definition) is 2. The Bertz CT molecular complexity index is 988. The topological polar surface area (TPSA) is 87.2 Å². The molecule has 0 unspecified atom stereocenters. The molecule has 0 saturated heterocycles. The second-order valence-corrected chi connectivity index (χ2v) is 7.18. The van der Waals surface area contributed by atoms with Crippen molar-refractivity contribution < 1.29 is 19.4 Å². The number of hydrogen-bond acceptors (Lipinski definition) is 6. The molecular weight excluding hydrogens is 377 g/mol. The molecule has 1 aliphatic rings. The van der Waals surface area contributed by atoms with Gasteiger partial charge in [0, 0.05) is 24.1 Å². The smallest absolute Gasteiger partial charge is 0.303 e. The zero-order chi connectivity index (χ0) is 18.7. The van der Waals surface area contributed by atoms with E-state index in [2.05, 4.69) is 10.2 Å². The monoisotopic (exact) mass is 391 g/mol. The first-order chi connectivity index (χ1) is 12.5. The van der Waals surface area contributed by atoms with E-state index < -0.39 is 5.97 Å². The summed E-state index contributed by atoms with van der Waals surface area (Å²) in [6, 6.07) is 5.90. The molecule has 0 fully saturated rings. The van der Waals surface area contributed by atoms with Crippen LogP contribution in [0.3, 0.4) is 0 Å². The summed E-state index contributed by atoms with van der Waals surface area (Å²) in [7, 11) is 0. The van der Waals surface area contributed by atoms with E-state index in [0.29, 0.717) is 38.6 Å². The number of carboxylic acids is 1. The minimum Gasteiger partial charge on any atom is -0.493 e. The van der Waals surface area contributed by atoms with Gasteiger partial charge in [0.05, 0.1) is 11.1 Å². The van der Waals surface area contributed by atoms with E-state index in [1.165, 1.54) is 28.0 Å². The molecule has 2 aromatic rings. The number of allylic oxidation sites excluding steroid dienone is 1. The molecule has 0 spiro atoms. The molecule has 1 aromatic carbocycles. The predicted molar refractivity (Wildman–Crippen MR) is 101 cm³/mol.